The largest absolute Gasteiger partial charge is 0.473 e. The molecule has 0 aromatic carbocycles. The minimum atomic E-state index is -0.375. The molecule has 6 heteroatoms. The van der Waals surface area contributed by atoms with Crippen LogP contribution in [-0.4, -0.2) is 9.97 Å². The molecule has 2 N–H and O–H groups in total. The van der Waals surface area contributed by atoms with E-state index in [0.717, 1.165) is 0 Å². The summed E-state index contributed by atoms with van der Waals surface area (Å²) in [6.45, 7) is 0.290. The first-order chi connectivity index (χ1) is 8.69. The minimum Gasteiger partial charge on any atom is -0.473 e. The molecule has 4 nitrogen and oxygen atoms in total. The normalized spacial score (nSPS) is 10.4. The molecule has 0 bridgehead atoms. The summed E-state index contributed by atoms with van der Waals surface area (Å²) in [4.78, 5) is 8.10. The van der Waals surface area contributed by atoms with Crippen LogP contribution in [0, 0.1) is 5.82 Å². The average molecular weight is 312 g/mol. The van der Waals surface area contributed by atoms with Crippen molar-refractivity contribution in [1.29, 1.82) is 0 Å². The van der Waals surface area contributed by atoms with Crippen LogP contribution in [0.5, 0.6) is 5.88 Å². The van der Waals surface area contributed by atoms with E-state index in [4.69, 9.17) is 10.5 Å². The summed E-state index contributed by atoms with van der Waals surface area (Å²) in [5.41, 5.74) is 6.26. The number of nitrogens with two attached hydrogens (primary N) is 1. The number of hydrogen-bond acceptors (Lipinski definition) is 4. The number of halogens is 2. The Hall–Kier alpha value is -1.53. The Labute approximate surface area is 112 Å². The lowest BCUT2D eigenvalue weighted by Crippen LogP contribution is -2.05. The SMILES string of the molecule is NCc1cc(F)c(COc2cccc(Br)n2)cn1. The van der Waals surface area contributed by atoms with Crippen LogP contribution in [0.1, 0.15) is 11.3 Å². The summed E-state index contributed by atoms with van der Waals surface area (Å²) >= 11 is 3.23. The van der Waals surface area contributed by atoms with Crippen molar-refractivity contribution < 1.29 is 9.13 Å². The van der Waals surface area contributed by atoms with Crippen LogP contribution in [0.3, 0.4) is 0 Å². The van der Waals surface area contributed by atoms with Crippen molar-refractivity contribution in [3.63, 3.8) is 0 Å². The number of aromatic nitrogens is 2. The average Bonchev–Trinajstić information content (AvgIpc) is 2.37. The van der Waals surface area contributed by atoms with Gasteiger partial charge in [-0.2, -0.15) is 0 Å². The molecule has 0 radical (unpaired) electrons. The predicted molar refractivity (Wildman–Crippen MR) is 68.4 cm³/mol. The summed E-state index contributed by atoms with van der Waals surface area (Å²) in [7, 11) is 0. The maximum Gasteiger partial charge on any atom is 0.214 e. The van der Waals surface area contributed by atoms with Gasteiger partial charge in [0.1, 0.15) is 17.0 Å². The van der Waals surface area contributed by atoms with E-state index < -0.39 is 0 Å². The number of hydrogen-bond donors (Lipinski definition) is 1. The van der Waals surface area contributed by atoms with Crippen LogP contribution < -0.4 is 10.5 Å². The third-order valence-electron chi connectivity index (χ3n) is 2.26. The fourth-order valence-electron chi connectivity index (χ4n) is 1.34. The topological polar surface area (TPSA) is 61.0 Å². The molecule has 2 aromatic heterocycles. The summed E-state index contributed by atoms with van der Waals surface area (Å²) in [5, 5.41) is 0. The quantitative estimate of drug-likeness (QED) is 0.881. The molecule has 0 saturated heterocycles. The van der Waals surface area contributed by atoms with Crippen molar-refractivity contribution in [3.05, 3.63) is 52.1 Å². The third kappa shape index (κ3) is 3.24. The maximum atomic E-state index is 13.6. The summed E-state index contributed by atoms with van der Waals surface area (Å²) in [6, 6.07) is 6.58. The van der Waals surface area contributed by atoms with E-state index in [1.807, 2.05) is 0 Å². The van der Waals surface area contributed by atoms with Crippen LogP contribution in [0.25, 0.3) is 0 Å². The van der Waals surface area contributed by atoms with Crippen molar-refractivity contribution in [3.8, 4) is 5.88 Å². The standard InChI is InChI=1S/C12H11BrFN3O/c13-11-2-1-3-12(17-11)18-7-8-6-16-9(5-15)4-10(8)14/h1-4,6H,5,7,15H2. The molecule has 0 aliphatic rings. The van der Waals surface area contributed by atoms with Crippen molar-refractivity contribution in [1.82, 2.24) is 9.97 Å². The molecule has 0 spiro atoms. The van der Waals surface area contributed by atoms with Crippen molar-refractivity contribution in [2.45, 2.75) is 13.2 Å². The molecule has 0 aliphatic heterocycles. The van der Waals surface area contributed by atoms with E-state index in [1.165, 1.54) is 12.3 Å². The molecule has 0 atom stereocenters. The summed E-state index contributed by atoms with van der Waals surface area (Å²) < 4.78 is 19.7. The highest BCUT2D eigenvalue weighted by Gasteiger charge is 2.06. The molecule has 0 aliphatic carbocycles. The lowest BCUT2D eigenvalue weighted by Gasteiger charge is -2.07. The van der Waals surface area contributed by atoms with Crippen LogP contribution in [0.4, 0.5) is 4.39 Å². The lowest BCUT2D eigenvalue weighted by molar-refractivity contribution is 0.287. The van der Waals surface area contributed by atoms with Gasteiger partial charge >= 0.3 is 0 Å². The van der Waals surface area contributed by atoms with Crippen LogP contribution in [0.15, 0.2) is 35.1 Å². The molecular formula is C12H11BrFN3O. The highest BCUT2D eigenvalue weighted by Crippen LogP contribution is 2.15. The van der Waals surface area contributed by atoms with Crippen molar-refractivity contribution >= 4 is 15.9 Å². The fraction of sp³-hybridized carbons (Fsp3) is 0.167. The first kappa shape index (κ1) is 12.9. The van der Waals surface area contributed by atoms with Gasteiger partial charge in [-0.1, -0.05) is 6.07 Å². The molecule has 0 fully saturated rings. The van der Waals surface area contributed by atoms with Gasteiger partial charge in [0, 0.05) is 24.4 Å². The Morgan fingerprint density at radius 2 is 2.22 bits per heavy atom. The smallest absolute Gasteiger partial charge is 0.214 e. The zero-order chi connectivity index (χ0) is 13.0. The van der Waals surface area contributed by atoms with Gasteiger partial charge in [-0.15, -0.1) is 0 Å². The van der Waals surface area contributed by atoms with Gasteiger partial charge in [0.2, 0.25) is 5.88 Å². The monoisotopic (exact) mass is 311 g/mol. The van der Waals surface area contributed by atoms with Gasteiger partial charge in [0.15, 0.2) is 0 Å². The maximum absolute atomic E-state index is 13.6. The van der Waals surface area contributed by atoms with E-state index in [9.17, 15) is 4.39 Å². The van der Waals surface area contributed by atoms with Gasteiger partial charge in [-0.3, -0.25) is 4.98 Å². The Bertz CT molecular complexity index is 551. The molecule has 0 saturated carbocycles. The summed E-state index contributed by atoms with van der Waals surface area (Å²) in [5.74, 6) is 0.0483. The second kappa shape index (κ2) is 5.88. The predicted octanol–water partition coefficient (Wildman–Crippen LogP) is 2.42. The number of rotatable bonds is 4. The van der Waals surface area contributed by atoms with Gasteiger partial charge in [-0.05, 0) is 28.1 Å². The molecule has 18 heavy (non-hydrogen) atoms. The van der Waals surface area contributed by atoms with Gasteiger partial charge in [0.05, 0.1) is 5.69 Å². The molecular weight excluding hydrogens is 301 g/mol. The number of pyridine rings is 2. The van der Waals surface area contributed by atoms with Crippen molar-refractivity contribution in [2.24, 2.45) is 5.73 Å². The number of ether oxygens (including phenoxy) is 1. The molecule has 2 heterocycles. The third-order valence-corrected chi connectivity index (χ3v) is 2.70. The number of nitrogens with zero attached hydrogens (tertiary/aromatic N) is 2. The Morgan fingerprint density at radius 1 is 1.39 bits per heavy atom. The van der Waals surface area contributed by atoms with E-state index >= 15 is 0 Å². The fourth-order valence-corrected chi connectivity index (χ4v) is 1.67. The first-order valence-corrected chi connectivity index (χ1v) is 6.07. The molecule has 2 aromatic rings. The van der Waals surface area contributed by atoms with E-state index in [1.54, 1.807) is 18.2 Å². The first-order valence-electron chi connectivity index (χ1n) is 5.28. The Morgan fingerprint density at radius 3 is 2.89 bits per heavy atom. The highest BCUT2D eigenvalue weighted by molar-refractivity contribution is 9.10. The summed E-state index contributed by atoms with van der Waals surface area (Å²) in [6.07, 6.45) is 1.43. The van der Waals surface area contributed by atoms with Crippen LogP contribution >= 0.6 is 15.9 Å². The highest BCUT2D eigenvalue weighted by atomic mass is 79.9. The van der Waals surface area contributed by atoms with Crippen molar-refractivity contribution in [2.75, 3.05) is 0 Å². The molecule has 94 valence electrons. The van der Waals surface area contributed by atoms with Gasteiger partial charge < -0.3 is 10.5 Å². The Kier molecular flexibility index (Phi) is 4.22. The second-order valence-corrected chi connectivity index (χ2v) is 4.37. The van der Waals surface area contributed by atoms with E-state index in [-0.39, 0.29) is 19.0 Å². The molecule has 0 unspecified atom stereocenters. The van der Waals surface area contributed by atoms with E-state index in [2.05, 4.69) is 25.9 Å². The second-order valence-electron chi connectivity index (χ2n) is 3.56. The zero-order valence-electron chi connectivity index (χ0n) is 9.44. The molecule has 0 amide bonds. The zero-order valence-corrected chi connectivity index (χ0v) is 11.0. The van der Waals surface area contributed by atoms with Gasteiger partial charge in [0.25, 0.3) is 0 Å². The Balaban J connectivity index is 2.06. The molecule has 2 rings (SSSR count). The van der Waals surface area contributed by atoms with Crippen LogP contribution in [-0.2, 0) is 13.2 Å². The minimum absolute atomic E-state index is 0.0765. The van der Waals surface area contributed by atoms with Gasteiger partial charge in [-0.25, -0.2) is 9.37 Å². The van der Waals surface area contributed by atoms with Crippen LogP contribution in [0.2, 0.25) is 0 Å². The lowest BCUT2D eigenvalue weighted by atomic mass is 10.2. The van der Waals surface area contributed by atoms with E-state index in [0.29, 0.717) is 21.7 Å².